The molecule has 0 rings (SSSR count). The Morgan fingerprint density at radius 1 is 0.400 bits per heavy atom. The van der Waals surface area contributed by atoms with Crippen molar-refractivity contribution in [3.05, 3.63) is 0 Å². The van der Waals surface area contributed by atoms with Crippen LogP contribution in [0, 0.1) is 0 Å². The van der Waals surface area contributed by atoms with Gasteiger partial charge in [-0.3, -0.25) is 0 Å². The maximum atomic E-state index is 11.6. The third-order valence-corrected chi connectivity index (χ3v) is 5.94. The molecule has 0 radical (unpaired) electrons. The van der Waals surface area contributed by atoms with Gasteiger partial charge in [-0.05, 0) is 12.8 Å². The lowest BCUT2D eigenvalue weighted by Gasteiger charge is -2.06. The van der Waals surface area contributed by atoms with Crippen molar-refractivity contribution in [2.24, 2.45) is 0 Å². The largest absolute Gasteiger partial charge is 0.508 e. The predicted molar refractivity (Wildman–Crippen MR) is 130 cm³/mol. The molecule has 0 saturated carbocycles. The molecule has 0 aromatic rings. The van der Waals surface area contributed by atoms with E-state index in [1.54, 1.807) is 0 Å². The summed E-state index contributed by atoms with van der Waals surface area (Å²) >= 11 is 0. The van der Waals surface area contributed by atoms with E-state index in [2.05, 4.69) is 13.8 Å². The van der Waals surface area contributed by atoms with Gasteiger partial charge in [0.15, 0.2) is 0 Å². The van der Waals surface area contributed by atoms with E-state index in [-0.39, 0.29) is 0 Å². The van der Waals surface area contributed by atoms with Gasteiger partial charge in [0.05, 0.1) is 13.2 Å². The van der Waals surface area contributed by atoms with Crippen molar-refractivity contribution in [3.8, 4) is 0 Å². The fourth-order valence-electron chi connectivity index (χ4n) is 3.89. The van der Waals surface area contributed by atoms with Crippen molar-refractivity contribution in [1.29, 1.82) is 0 Å². The molecule has 0 heterocycles. The summed E-state index contributed by atoms with van der Waals surface area (Å²) in [5.41, 5.74) is 0. The van der Waals surface area contributed by atoms with Gasteiger partial charge in [-0.15, -0.1) is 0 Å². The molecule has 0 aromatic carbocycles. The minimum atomic E-state index is -0.478. The van der Waals surface area contributed by atoms with E-state index >= 15 is 0 Å². The van der Waals surface area contributed by atoms with Gasteiger partial charge in [0, 0.05) is 0 Å². The molecular formula is C27H54O3. The third-order valence-electron chi connectivity index (χ3n) is 5.94. The average Bonchev–Trinajstić information content (AvgIpc) is 2.75. The summed E-state index contributed by atoms with van der Waals surface area (Å²) in [6.45, 7) is 5.54. The Labute approximate surface area is 189 Å². The number of rotatable bonds is 24. The number of ether oxygens (including phenoxy) is 2. The summed E-state index contributed by atoms with van der Waals surface area (Å²) in [7, 11) is 0. The Bertz CT molecular complexity index is 330. The molecule has 0 spiro atoms. The van der Waals surface area contributed by atoms with Gasteiger partial charge in [0.1, 0.15) is 0 Å². The summed E-state index contributed by atoms with van der Waals surface area (Å²) in [5.74, 6) is 0. The maximum absolute atomic E-state index is 11.6. The molecule has 0 saturated heterocycles. The molecule has 0 N–H and O–H groups in total. The Balaban J connectivity index is 3.13. The molecule has 0 atom stereocenters. The van der Waals surface area contributed by atoms with Crippen molar-refractivity contribution < 1.29 is 14.3 Å². The highest BCUT2D eigenvalue weighted by Crippen LogP contribution is 2.13. The van der Waals surface area contributed by atoms with E-state index in [1.165, 1.54) is 116 Å². The molecular weight excluding hydrogens is 372 g/mol. The standard InChI is InChI=1S/C27H54O3/c1-3-5-7-9-11-13-14-15-16-18-20-22-24-26-30-27(28)29-25-23-21-19-17-12-10-8-6-4-2/h3-26H2,1-2H3. The lowest BCUT2D eigenvalue weighted by atomic mass is 10.0. The molecule has 0 aromatic heterocycles. The first-order valence-corrected chi connectivity index (χ1v) is 13.6. The average molecular weight is 427 g/mol. The highest BCUT2D eigenvalue weighted by molar-refractivity contribution is 5.59. The summed E-state index contributed by atoms with van der Waals surface area (Å²) in [6, 6.07) is 0. The number of carbonyl (C=O) groups excluding carboxylic acids is 1. The minimum absolute atomic E-state index is 0.478. The van der Waals surface area contributed by atoms with E-state index < -0.39 is 6.16 Å². The lowest BCUT2D eigenvalue weighted by molar-refractivity contribution is 0.0529. The zero-order chi connectivity index (χ0) is 22.0. The first kappa shape index (κ1) is 29.3. The van der Waals surface area contributed by atoms with Crippen LogP contribution in [0.15, 0.2) is 0 Å². The van der Waals surface area contributed by atoms with Crippen LogP contribution in [0.2, 0.25) is 0 Å². The van der Waals surface area contributed by atoms with Gasteiger partial charge in [-0.25, -0.2) is 4.79 Å². The number of unbranched alkanes of at least 4 members (excludes halogenated alkanes) is 20. The number of hydrogen-bond acceptors (Lipinski definition) is 3. The summed E-state index contributed by atoms with van der Waals surface area (Å²) < 4.78 is 10.3. The van der Waals surface area contributed by atoms with Gasteiger partial charge in [0.25, 0.3) is 0 Å². The van der Waals surface area contributed by atoms with E-state index in [9.17, 15) is 4.79 Å². The van der Waals surface area contributed by atoms with Crippen LogP contribution in [0.5, 0.6) is 0 Å². The van der Waals surface area contributed by atoms with Crippen LogP contribution in [0.1, 0.15) is 155 Å². The van der Waals surface area contributed by atoms with Crippen LogP contribution >= 0.6 is 0 Å². The Hall–Kier alpha value is -0.730. The Morgan fingerprint density at radius 2 is 0.633 bits per heavy atom. The van der Waals surface area contributed by atoms with Crippen LogP contribution in [0.4, 0.5) is 4.79 Å². The topological polar surface area (TPSA) is 35.5 Å². The van der Waals surface area contributed by atoms with Crippen molar-refractivity contribution >= 4 is 6.16 Å². The van der Waals surface area contributed by atoms with E-state index in [1.807, 2.05) is 0 Å². The highest BCUT2D eigenvalue weighted by Gasteiger charge is 2.03. The fraction of sp³-hybridized carbons (Fsp3) is 0.963. The number of hydrogen-bond donors (Lipinski definition) is 0. The van der Waals surface area contributed by atoms with Crippen molar-refractivity contribution in [2.45, 2.75) is 155 Å². The minimum Gasteiger partial charge on any atom is -0.434 e. The lowest BCUT2D eigenvalue weighted by Crippen LogP contribution is -2.09. The molecule has 3 nitrogen and oxygen atoms in total. The van der Waals surface area contributed by atoms with Crippen molar-refractivity contribution in [3.63, 3.8) is 0 Å². The van der Waals surface area contributed by atoms with Gasteiger partial charge < -0.3 is 9.47 Å². The van der Waals surface area contributed by atoms with Gasteiger partial charge in [-0.1, -0.05) is 142 Å². The van der Waals surface area contributed by atoms with E-state index in [0.717, 1.165) is 25.7 Å². The van der Waals surface area contributed by atoms with Crippen LogP contribution in [-0.4, -0.2) is 19.4 Å². The highest BCUT2D eigenvalue weighted by atomic mass is 16.7. The van der Waals surface area contributed by atoms with E-state index in [0.29, 0.717) is 13.2 Å². The number of carbonyl (C=O) groups is 1. The smallest absolute Gasteiger partial charge is 0.434 e. The molecule has 0 aliphatic heterocycles. The second kappa shape index (κ2) is 26.3. The first-order chi connectivity index (χ1) is 14.8. The molecule has 3 heteroatoms. The zero-order valence-corrected chi connectivity index (χ0v) is 20.7. The third kappa shape index (κ3) is 25.3. The van der Waals surface area contributed by atoms with Gasteiger partial charge in [-0.2, -0.15) is 0 Å². The normalized spacial score (nSPS) is 11.0. The van der Waals surface area contributed by atoms with Gasteiger partial charge >= 0.3 is 6.16 Å². The van der Waals surface area contributed by atoms with Crippen molar-refractivity contribution in [1.82, 2.24) is 0 Å². The van der Waals surface area contributed by atoms with Crippen molar-refractivity contribution in [2.75, 3.05) is 13.2 Å². The fourth-order valence-corrected chi connectivity index (χ4v) is 3.89. The summed E-state index contributed by atoms with van der Waals surface area (Å²) in [4.78, 5) is 11.6. The zero-order valence-electron chi connectivity index (χ0n) is 20.7. The molecule has 30 heavy (non-hydrogen) atoms. The molecule has 180 valence electrons. The molecule has 0 fully saturated rings. The van der Waals surface area contributed by atoms with Crippen LogP contribution in [0.3, 0.4) is 0 Å². The Morgan fingerprint density at radius 3 is 0.900 bits per heavy atom. The quantitative estimate of drug-likeness (QED) is 0.114. The van der Waals surface area contributed by atoms with Crippen LogP contribution in [-0.2, 0) is 9.47 Å². The second-order valence-electron chi connectivity index (χ2n) is 9.02. The van der Waals surface area contributed by atoms with Crippen LogP contribution < -0.4 is 0 Å². The Kier molecular flexibility index (Phi) is 25.7. The van der Waals surface area contributed by atoms with E-state index in [4.69, 9.17) is 9.47 Å². The molecule has 0 amide bonds. The predicted octanol–water partition coefficient (Wildman–Crippen LogP) is 9.76. The second-order valence-corrected chi connectivity index (χ2v) is 9.02. The molecule has 0 bridgehead atoms. The SMILES string of the molecule is CCCCCCCCCCCCCCCOC(=O)OCCCCCCCCCCC. The molecule has 0 unspecified atom stereocenters. The summed E-state index contributed by atoms with van der Waals surface area (Å²) in [6.07, 6.45) is 28.3. The molecule has 0 aliphatic rings. The first-order valence-electron chi connectivity index (χ1n) is 13.6. The van der Waals surface area contributed by atoms with Crippen LogP contribution in [0.25, 0.3) is 0 Å². The maximum Gasteiger partial charge on any atom is 0.508 e. The monoisotopic (exact) mass is 426 g/mol. The summed E-state index contributed by atoms with van der Waals surface area (Å²) in [5, 5.41) is 0. The molecule has 0 aliphatic carbocycles. The van der Waals surface area contributed by atoms with Gasteiger partial charge in [0.2, 0.25) is 0 Å².